The van der Waals surface area contributed by atoms with E-state index in [0.29, 0.717) is 11.1 Å². The Balaban J connectivity index is 1.93. The van der Waals surface area contributed by atoms with Crippen LogP contribution in [0.1, 0.15) is 31.9 Å². The zero-order valence-electron chi connectivity index (χ0n) is 15.2. The molecule has 26 heavy (non-hydrogen) atoms. The fourth-order valence-electron chi connectivity index (χ4n) is 3.45. The Morgan fingerprint density at radius 2 is 1.73 bits per heavy atom. The van der Waals surface area contributed by atoms with E-state index in [1.54, 1.807) is 6.07 Å². The summed E-state index contributed by atoms with van der Waals surface area (Å²) in [7, 11) is 0. The molecule has 0 saturated heterocycles. The number of hydrogen-bond donors (Lipinski definition) is 0. The fraction of sp³-hybridized carbons (Fsp3) is 0.217. The smallest absolute Gasteiger partial charge is 0.153 e. The molecule has 2 heterocycles. The lowest BCUT2D eigenvalue weighted by molar-refractivity contribution is 0.411. The number of aromatic nitrogens is 1. The lowest BCUT2D eigenvalue weighted by Crippen LogP contribution is -2.09. The summed E-state index contributed by atoms with van der Waals surface area (Å²) in [5.74, 6) is 0. The molecule has 4 rings (SSSR count). The molecule has 0 atom stereocenters. The van der Waals surface area contributed by atoms with Gasteiger partial charge in [0.2, 0.25) is 0 Å². The van der Waals surface area contributed by atoms with Crippen LogP contribution in [-0.2, 0) is 6.42 Å². The number of hydrogen-bond acceptors (Lipinski definition) is 3. The number of pyridine rings is 1. The first-order valence-electron chi connectivity index (χ1n) is 8.76. The first-order valence-corrected chi connectivity index (χ1v) is 8.76. The van der Waals surface area contributed by atoms with Gasteiger partial charge in [0.1, 0.15) is 11.7 Å². The van der Waals surface area contributed by atoms with Crippen molar-refractivity contribution < 1.29 is 4.42 Å². The minimum atomic E-state index is 0.214. The maximum absolute atomic E-state index is 9.37. The number of benzene rings is 2. The Labute approximate surface area is 152 Å². The monoisotopic (exact) mass is 340 g/mol. The number of para-hydroxylation sites is 2. The van der Waals surface area contributed by atoms with E-state index < -0.39 is 0 Å². The molecular weight excluding hydrogens is 320 g/mol. The maximum atomic E-state index is 9.37. The van der Waals surface area contributed by atoms with Crippen LogP contribution >= 0.6 is 0 Å². The average molecular weight is 340 g/mol. The van der Waals surface area contributed by atoms with E-state index in [9.17, 15) is 5.26 Å². The standard InChI is InChI=1S/C23H20N2O/c1-23(2,3)13-15-10-11-25-20(12-15)19-9-5-8-18-17-7-4-6-16(14-24)21(17)26-22(18)19/h4-12H,13H2,1-3H3. The SMILES string of the molecule is CC(C)(C)Cc1ccnc(-c2cccc3c2oc2c(C#N)cccc23)c1. The lowest BCUT2D eigenvalue weighted by atomic mass is 9.88. The van der Waals surface area contributed by atoms with Crippen LogP contribution in [0.25, 0.3) is 33.2 Å². The van der Waals surface area contributed by atoms with E-state index in [1.165, 1.54) is 5.56 Å². The van der Waals surface area contributed by atoms with Gasteiger partial charge in [0, 0.05) is 22.5 Å². The van der Waals surface area contributed by atoms with Gasteiger partial charge in [0.25, 0.3) is 0 Å². The summed E-state index contributed by atoms with van der Waals surface area (Å²) in [4.78, 5) is 4.58. The molecule has 0 unspecified atom stereocenters. The second-order valence-electron chi connectivity index (χ2n) is 7.87. The van der Waals surface area contributed by atoms with Crippen molar-refractivity contribution in [2.45, 2.75) is 27.2 Å². The third kappa shape index (κ3) is 2.84. The van der Waals surface area contributed by atoms with E-state index in [1.807, 2.05) is 36.5 Å². The van der Waals surface area contributed by atoms with E-state index >= 15 is 0 Å². The van der Waals surface area contributed by atoms with Gasteiger partial charge in [-0.05, 0) is 41.7 Å². The van der Waals surface area contributed by atoms with Gasteiger partial charge < -0.3 is 4.42 Å². The van der Waals surface area contributed by atoms with Crippen LogP contribution in [-0.4, -0.2) is 4.98 Å². The zero-order valence-corrected chi connectivity index (χ0v) is 15.2. The van der Waals surface area contributed by atoms with Crippen LogP contribution in [0.4, 0.5) is 0 Å². The van der Waals surface area contributed by atoms with E-state index in [0.717, 1.165) is 34.0 Å². The second-order valence-corrected chi connectivity index (χ2v) is 7.87. The van der Waals surface area contributed by atoms with Crippen molar-refractivity contribution in [2.24, 2.45) is 5.41 Å². The zero-order chi connectivity index (χ0) is 18.3. The Morgan fingerprint density at radius 3 is 2.46 bits per heavy atom. The van der Waals surface area contributed by atoms with Crippen molar-refractivity contribution in [3.05, 3.63) is 65.9 Å². The maximum Gasteiger partial charge on any atom is 0.153 e. The third-order valence-electron chi connectivity index (χ3n) is 4.48. The molecule has 0 spiro atoms. The summed E-state index contributed by atoms with van der Waals surface area (Å²) in [5, 5.41) is 11.3. The first kappa shape index (κ1) is 16.4. The molecular formula is C23H20N2O. The average Bonchev–Trinajstić information content (AvgIpc) is 2.99. The minimum Gasteiger partial charge on any atom is -0.454 e. The van der Waals surface area contributed by atoms with Crippen LogP contribution < -0.4 is 0 Å². The molecule has 0 saturated carbocycles. The molecule has 0 radical (unpaired) electrons. The normalized spacial score (nSPS) is 11.8. The van der Waals surface area contributed by atoms with Gasteiger partial charge in [-0.2, -0.15) is 5.26 Å². The van der Waals surface area contributed by atoms with Gasteiger partial charge in [-0.1, -0.05) is 45.0 Å². The minimum absolute atomic E-state index is 0.214. The second kappa shape index (κ2) is 6.00. The van der Waals surface area contributed by atoms with Gasteiger partial charge in [0.05, 0.1) is 11.3 Å². The summed E-state index contributed by atoms with van der Waals surface area (Å²) in [6.07, 6.45) is 2.84. The number of fused-ring (bicyclic) bond motifs is 3. The molecule has 2 aromatic heterocycles. The molecule has 4 aromatic rings. The first-order chi connectivity index (χ1) is 12.5. The Bertz CT molecular complexity index is 1160. The highest BCUT2D eigenvalue weighted by atomic mass is 16.3. The lowest BCUT2D eigenvalue weighted by Gasteiger charge is -2.18. The van der Waals surface area contributed by atoms with Gasteiger partial charge in [-0.25, -0.2) is 0 Å². The Kier molecular flexibility index (Phi) is 3.77. The summed E-state index contributed by atoms with van der Waals surface area (Å²) in [5.41, 5.74) is 5.31. The van der Waals surface area contributed by atoms with Crippen LogP contribution in [0.15, 0.2) is 59.1 Å². The van der Waals surface area contributed by atoms with Crippen molar-refractivity contribution >= 4 is 21.9 Å². The Morgan fingerprint density at radius 1 is 1.00 bits per heavy atom. The van der Waals surface area contributed by atoms with Gasteiger partial charge in [-0.3, -0.25) is 4.98 Å². The number of nitriles is 1. The Hall–Kier alpha value is -3.12. The largest absolute Gasteiger partial charge is 0.454 e. The van der Waals surface area contributed by atoms with Crippen molar-refractivity contribution in [3.8, 4) is 17.3 Å². The topological polar surface area (TPSA) is 49.8 Å². The quantitative estimate of drug-likeness (QED) is 0.442. The van der Waals surface area contributed by atoms with Crippen molar-refractivity contribution in [3.63, 3.8) is 0 Å². The molecule has 0 aliphatic rings. The van der Waals surface area contributed by atoms with E-state index in [4.69, 9.17) is 4.42 Å². The molecule has 0 bridgehead atoms. The van der Waals surface area contributed by atoms with Crippen LogP contribution in [0, 0.1) is 16.7 Å². The molecule has 3 nitrogen and oxygen atoms in total. The van der Waals surface area contributed by atoms with Crippen molar-refractivity contribution in [2.75, 3.05) is 0 Å². The van der Waals surface area contributed by atoms with E-state index in [-0.39, 0.29) is 5.41 Å². The summed E-state index contributed by atoms with van der Waals surface area (Å²) >= 11 is 0. The molecule has 0 aliphatic heterocycles. The fourth-order valence-corrected chi connectivity index (χ4v) is 3.45. The van der Waals surface area contributed by atoms with Gasteiger partial charge in [0.15, 0.2) is 5.58 Å². The van der Waals surface area contributed by atoms with Gasteiger partial charge in [-0.15, -0.1) is 0 Å². The van der Waals surface area contributed by atoms with Crippen molar-refractivity contribution in [1.82, 2.24) is 4.98 Å². The molecule has 0 N–H and O–H groups in total. The number of nitrogens with zero attached hydrogens (tertiary/aromatic N) is 2. The van der Waals surface area contributed by atoms with Crippen LogP contribution in [0.5, 0.6) is 0 Å². The van der Waals surface area contributed by atoms with Crippen molar-refractivity contribution in [1.29, 1.82) is 5.26 Å². The van der Waals surface area contributed by atoms with Crippen LogP contribution in [0.3, 0.4) is 0 Å². The number of rotatable bonds is 2. The highest BCUT2D eigenvalue weighted by molar-refractivity contribution is 6.10. The summed E-state index contributed by atoms with van der Waals surface area (Å²) in [6, 6.07) is 18.2. The molecule has 128 valence electrons. The highest BCUT2D eigenvalue weighted by Gasteiger charge is 2.16. The molecule has 3 heteroatoms. The molecule has 0 aliphatic carbocycles. The van der Waals surface area contributed by atoms with E-state index in [2.05, 4.69) is 44.0 Å². The van der Waals surface area contributed by atoms with Gasteiger partial charge >= 0.3 is 0 Å². The number of furan rings is 1. The predicted octanol–water partition coefficient (Wildman–Crippen LogP) is 6.11. The summed E-state index contributed by atoms with van der Waals surface area (Å²) in [6.45, 7) is 6.70. The molecule has 0 fully saturated rings. The third-order valence-corrected chi connectivity index (χ3v) is 4.48. The highest BCUT2D eigenvalue weighted by Crippen LogP contribution is 2.36. The summed E-state index contributed by atoms with van der Waals surface area (Å²) < 4.78 is 6.14. The predicted molar refractivity (Wildman–Crippen MR) is 105 cm³/mol. The molecule has 2 aromatic carbocycles. The molecule has 0 amide bonds. The van der Waals surface area contributed by atoms with Crippen LogP contribution in [0.2, 0.25) is 0 Å².